The number of aromatic nitrogens is 5. The highest BCUT2D eigenvalue weighted by atomic mass is 15.2. The number of hydrogen-bond donors (Lipinski definition) is 2. The topological polar surface area (TPSA) is 74.7 Å². The van der Waals surface area contributed by atoms with Crippen molar-refractivity contribution in [1.82, 2.24) is 29.4 Å². The zero-order valence-corrected chi connectivity index (χ0v) is 20.8. The van der Waals surface area contributed by atoms with E-state index in [4.69, 9.17) is 4.98 Å². The van der Waals surface area contributed by atoms with Crippen LogP contribution in [0.25, 0.3) is 22.1 Å². The average Bonchev–Trinajstić information content (AvgIpc) is 3.47. The first-order chi connectivity index (χ1) is 17.7. The third-order valence-corrected chi connectivity index (χ3v) is 7.38. The van der Waals surface area contributed by atoms with Gasteiger partial charge in [0.1, 0.15) is 11.3 Å². The summed E-state index contributed by atoms with van der Waals surface area (Å²) in [5.41, 5.74) is 6.87. The zero-order valence-electron chi connectivity index (χ0n) is 20.8. The number of hydrogen-bond acceptors (Lipinski definition) is 5. The van der Waals surface area contributed by atoms with Gasteiger partial charge in [-0.25, -0.2) is 9.97 Å². The first kappa shape index (κ1) is 22.7. The minimum atomic E-state index is 0.672. The summed E-state index contributed by atoms with van der Waals surface area (Å²) in [5, 5.41) is 3.43. The maximum absolute atomic E-state index is 5.07. The number of aromatic amines is 1. The van der Waals surface area contributed by atoms with Gasteiger partial charge in [0.15, 0.2) is 0 Å². The van der Waals surface area contributed by atoms with E-state index in [-0.39, 0.29) is 0 Å². The first-order valence-electron chi connectivity index (χ1n) is 13.0. The van der Waals surface area contributed by atoms with E-state index in [1.165, 1.54) is 35.3 Å². The SMILES string of the molecule is Cc1ccc(Cn2c(CC3CCN(CCNc4nc5cnccc5[nH]4)CC3)nc3ccccc32)cc1. The van der Waals surface area contributed by atoms with Gasteiger partial charge in [-0.2, -0.15) is 0 Å². The Bertz CT molecular complexity index is 1410. The van der Waals surface area contributed by atoms with Crippen molar-refractivity contribution in [3.8, 4) is 0 Å². The molecule has 6 rings (SSSR count). The molecular weight excluding hydrogens is 446 g/mol. The second kappa shape index (κ2) is 10.1. The van der Waals surface area contributed by atoms with Crippen molar-refractivity contribution in [1.29, 1.82) is 0 Å². The number of likely N-dealkylation sites (tertiary alicyclic amines) is 1. The van der Waals surface area contributed by atoms with E-state index in [0.29, 0.717) is 5.92 Å². The molecule has 0 unspecified atom stereocenters. The van der Waals surface area contributed by atoms with E-state index >= 15 is 0 Å². The Hall–Kier alpha value is -3.71. The summed E-state index contributed by atoms with van der Waals surface area (Å²) in [6, 6.07) is 19.4. The third-order valence-electron chi connectivity index (χ3n) is 7.38. The fraction of sp³-hybridized carbons (Fsp3) is 0.345. The summed E-state index contributed by atoms with van der Waals surface area (Å²) in [7, 11) is 0. The number of nitrogens with zero attached hydrogens (tertiary/aromatic N) is 5. The number of benzene rings is 2. The number of anilines is 1. The molecule has 2 N–H and O–H groups in total. The Labute approximate surface area is 211 Å². The number of aryl methyl sites for hydroxylation is 1. The van der Waals surface area contributed by atoms with Crippen LogP contribution in [0.4, 0.5) is 5.95 Å². The number of fused-ring (bicyclic) bond motifs is 2. The van der Waals surface area contributed by atoms with Crippen molar-refractivity contribution in [3.63, 3.8) is 0 Å². The maximum atomic E-state index is 5.07. The Morgan fingerprint density at radius 2 is 1.81 bits per heavy atom. The second-order valence-corrected chi connectivity index (χ2v) is 9.98. The van der Waals surface area contributed by atoms with Crippen LogP contribution in [0.2, 0.25) is 0 Å². The molecule has 1 aliphatic rings. The predicted molar refractivity (Wildman–Crippen MR) is 145 cm³/mol. The lowest BCUT2D eigenvalue weighted by Crippen LogP contribution is -2.37. The predicted octanol–water partition coefficient (Wildman–Crippen LogP) is 5.03. The van der Waals surface area contributed by atoms with Gasteiger partial charge in [-0.05, 0) is 62.5 Å². The van der Waals surface area contributed by atoms with E-state index in [1.54, 1.807) is 12.4 Å². The molecule has 2 aromatic carbocycles. The van der Waals surface area contributed by atoms with Gasteiger partial charge < -0.3 is 19.8 Å². The van der Waals surface area contributed by atoms with E-state index in [0.717, 1.165) is 61.6 Å². The largest absolute Gasteiger partial charge is 0.355 e. The molecule has 0 spiro atoms. The summed E-state index contributed by atoms with van der Waals surface area (Å²) in [6.45, 7) is 7.18. The lowest BCUT2D eigenvalue weighted by atomic mass is 9.93. The average molecular weight is 480 g/mol. The summed E-state index contributed by atoms with van der Waals surface area (Å²) >= 11 is 0. The summed E-state index contributed by atoms with van der Waals surface area (Å²) in [4.78, 5) is 19.6. The molecule has 1 fully saturated rings. The van der Waals surface area contributed by atoms with Gasteiger partial charge in [0.25, 0.3) is 0 Å². The number of piperidine rings is 1. The molecule has 0 atom stereocenters. The zero-order chi connectivity index (χ0) is 24.3. The number of para-hydroxylation sites is 2. The molecule has 1 aliphatic heterocycles. The molecule has 3 aromatic heterocycles. The van der Waals surface area contributed by atoms with Crippen molar-refractivity contribution < 1.29 is 0 Å². The van der Waals surface area contributed by atoms with Crippen LogP contribution >= 0.6 is 0 Å². The van der Waals surface area contributed by atoms with Crippen LogP contribution in [0, 0.1) is 12.8 Å². The number of imidazole rings is 2. The van der Waals surface area contributed by atoms with Gasteiger partial charge >= 0.3 is 0 Å². The highest BCUT2D eigenvalue weighted by Crippen LogP contribution is 2.25. The molecule has 7 nitrogen and oxygen atoms in total. The highest BCUT2D eigenvalue weighted by Gasteiger charge is 2.22. The van der Waals surface area contributed by atoms with Gasteiger partial charge in [-0.15, -0.1) is 0 Å². The molecular formula is C29H33N7. The van der Waals surface area contributed by atoms with Gasteiger partial charge in [0, 0.05) is 32.3 Å². The first-order valence-corrected chi connectivity index (χ1v) is 13.0. The molecule has 36 heavy (non-hydrogen) atoms. The Kier molecular flexibility index (Phi) is 6.38. The van der Waals surface area contributed by atoms with Crippen LogP contribution < -0.4 is 5.32 Å². The highest BCUT2D eigenvalue weighted by molar-refractivity contribution is 5.76. The molecule has 4 heterocycles. The van der Waals surface area contributed by atoms with Crippen molar-refractivity contribution in [2.75, 3.05) is 31.5 Å². The molecule has 0 bridgehead atoms. The van der Waals surface area contributed by atoms with E-state index in [2.05, 4.69) is 85.2 Å². The summed E-state index contributed by atoms with van der Waals surface area (Å²) in [5.74, 6) is 2.71. The van der Waals surface area contributed by atoms with Gasteiger partial charge in [0.05, 0.1) is 22.7 Å². The van der Waals surface area contributed by atoms with Gasteiger partial charge in [0.2, 0.25) is 5.95 Å². The lowest BCUT2D eigenvalue weighted by Gasteiger charge is -2.31. The molecule has 0 aliphatic carbocycles. The third kappa shape index (κ3) is 4.97. The lowest BCUT2D eigenvalue weighted by molar-refractivity contribution is 0.188. The van der Waals surface area contributed by atoms with Crippen LogP contribution in [0.3, 0.4) is 0 Å². The number of nitrogens with one attached hydrogen (secondary N) is 2. The van der Waals surface area contributed by atoms with Crippen molar-refractivity contribution >= 4 is 28.0 Å². The molecule has 0 saturated carbocycles. The quantitative estimate of drug-likeness (QED) is 0.326. The Morgan fingerprint density at radius 3 is 2.64 bits per heavy atom. The molecule has 0 amide bonds. The monoisotopic (exact) mass is 479 g/mol. The van der Waals surface area contributed by atoms with Crippen molar-refractivity contribution in [2.24, 2.45) is 5.92 Å². The summed E-state index contributed by atoms with van der Waals surface area (Å²) < 4.78 is 2.43. The van der Waals surface area contributed by atoms with E-state index in [1.807, 2.05) is 6.07 Å². The number of rotatable bonds is 8. The van der Waals surface area contributed by atoms with Crippen LogP contribution in [-0.4, -0.2) is 55.6 Å². The van der Waals surface area contributed by atoms with Crippen LogP contribution in [0.15, 0.2) is 67.0 Å². The fourth-order valence-electron chi connectivity index (χ4n) is 5.28. The molecule has 1 saturated heterocycles. The van der Waals surface area contributed by atoms with Gasteiger partial charge in [-0.1, -0.05) is 42.0 Å². The van der Waals surface area contributed by atoms with Crippen LogP contribution in [0.1, 0.15) is 29.8 Å². The van der Waals surface area contributed by atoms with Crippen LogP contribution in [0.5, 0.6) is 0 Å². The number of pyridine rings is 1. The Morgan fingerprint density at radius 1 is 0.972 bits per heavy atom. The molecule has 5 aromatic rings. The smallest absolute Gasteiger partial charge is 0.201 e. The second-order valence-electron chi connectivity index (χ2n) is 9.98. The van der Waals surface area contributed by atoms with E-state index in [9.17, 15) is 0 Å². The normalized spacial score (nSPS) is 15.1. The summed E-state index contributed by atoms with van der Waals surface area (Å²) in [6.07, 6.45) is 7.04. The van der Waals surface area contributed by atoms with E-state index < -0.39 is 0 Å². The number of H-pyrrole nitrogens is 1. The molecule has 184 valence electrons. The molecule has 0 radical (unpaired) electrons. The fourth-order valence-corrected chi connectivity index (χ4v) is 5.28. The minimum Gasteiger partial charge on any atom is -0.355 e. The molecule has 7 heteroatoms. The van der Waals surface area contributed by atoms with Crippen molar-refractivity contribution in [2.45, 2.75) is 32.7 Å². The van der Waals surface area contributed by atoms with Crippen LogP contribution in [-0.2, 0) is 13.0 Å². The Balaban J connectivity index is 1.05. The maximum Gasteiger partial charge on any atom is 0.201 e. The van der Waals surface area contributed by atoms with Crippen molar-refractivity contribution in [3.05, 3.63) is 83.9 Å². The van der Waals surface area contributed by atoms with Gasteiger partial charge in [-0.3, -0.25) is 4.98 Å². The standard InChI is InChI=1S/C29H33N7/c1-21-6-8-23(9-7-21)20-36-27-5-3-2-4-25(27)32-28(36)18-22-11-15-35(16-12-22)17-14-31-29-33-24-10-13-30-19-26(24)34-29/h2-10,13,19,22H,11-12,14-18,20H2,1H3,(H2,31,33,34). The minimum absolute atomic E-state index is 0.672.